The Balaban J connectivity index is 1.48. The highest BCUT2D eigenvalue weighted by molar-refractivity contribution is 5.88. The molecule has 7 heteroatoms. The van der Waals surface area contributed by atoms with Gasteiger partial charge in [0.05, 0.1) is 18.2 Å². The van der Waals surface area contributed by atoms with E-state index in [1.54, 1.807) is 30.9 Å². The van der Waals surface area contributed by atoms with E-state index in [1.807, 2.05) is 29.0 Å². The number of aromatic nitrogens is 3. The predicted molar refractivity (Wildman–Crippen MR) is 99.4 cm³/mol. The fourth-order valence-corrected chi connectivity index (χ4v) is 2.36. The van der Waals surface area contributed by atoms with E-state index in [1.165, 1.54) is 5.56 Å². The van der Waals surface area contributed by atoms with Gasteiger partial charge in [-0.15, -0.1) is 0 Å². The van der Waals surface area contributed by atoms with Crippen molar-refractivity contribution in [2.75, 3.05) is 11.9 Å². The van der Waals surface area contributed by atoms with Crippen LogP contribution in [0.3, 0.4) is 0 Å². The largest absolute Gasteiger partial charge is 0.439 e. The molecular weight excluding hydrogens is 330 g/mol. The summed E-state index contributed by atoms with van der Waals surface area (Å²) in [7, 11) is 0. The van der Waals surface area contributed by atoms with Gasteiger partial charge in [-0.05, 0) is 30.2 Å². The van der Waals surface area contributed by atoms with Gasteiger partial charge < -0.3 is 19.9 Å². The molecule has 1 aromatic carbocycles. The third-order valence-corrected chi connectivity index (χ3v) is 3.74. The van der Waals surface area contributed by atoms with Crippen molar-refractivity contribution >= 4 is 11.7 Å². The molecule has 0 spiro atoms. The van der Waals surface area contributed by atoms with Crippen LogP contribution in [0.5, 0.6) is 11.6 Å². The van der Waals surface area contributed by atoms with E-state index in [0.29, 0.717) is 24.7 Å². The van der Waals surface area contributed by atoms with Crippen LogP contribution in [0, 0.1) is 0 Å². The monoisotopic (exact) mass is 351 g/mol. The molecule has 3 rings (SSSR count). The van der Waals surface area contributed by atoms with Crippen molar-refractivity contribution in [1.29, 1.82) is 0 Å². The van der Waals surface area contributed by atoms with Crippen LogP contribution >= 0.6 is 0 Å². The molecule has 134 valence electrons. The van der Waals surface area contributed by atoms with Gasteiger partial charge in [0.1, 0.15) is 5.75 Å². The van der Waals surface area contributed by atoms with Gasteiger partial charge in [0.15, 0.2) is 0 Å². The molecular formula is C19H21N5O2. The highest BCUT2D eigenvalue weighted by atomic mass is 16.5. The molecule has 0 aliphatic rings. The Morgan fingerprint density at radius 2 is 2.19 bits per heavy atom. The van der Waals surface area contributed by atoms with Crippen molar-refractivity contribution in [3.8, 4) is 11.6 Å². The molecule has 2 heterocycles. The van der Waals surface area contributed by atoms with Crippen LogP contribution in [-0.4, -0.2) is 27.1 Å². The second-order valence-corrected chi connectivity index (χ2v) is 5.67. The van der Waals surface area contributed by atoms with Crippen LogP contribution in [0.1, 0.15) is 12.5 Å². The summed E-state index contributed by atoms with van der Waals surface area (Å²) in [6.07, 6.45) is 7.77. The maximum atomic E-state index is 11.9. The van der Waals surface area contributed by atoms with Gasteiger partial charge in [-0.3, -0.25) is 0 Å². The summed E-state index contributed by atoms with van der Waals surface area (Å²) in [5.41, 5.74) is 1.80. The first-order chi connectivity index (χ1) is 12.7. The number of amides is 2. The molecule has 3 aromatic rings. The first-order valence-corrected chi connectivity index (χ1v) is 8.46. The summed E-state index contributed by atoms with van der Waals surface area (Å²) in [5.74, 6) is 1.22. The summed E-state index contributed by atoms with van der Waals surface area (Å²) in [6, 6.07) is 11.1. The molecule has 0 saturated carbocycles. The molecule has 2 amide bonds. The third kappa shape index (κ3) is 5.07. The van der Waals surface area contributed by atoms with E-state index >= 15 is 0 Å². The van der Waals surface area contributed by atoms with E-state index in [9.17, 15) is 4.79 Å². The number of carbonyl (C=O) groups is 1. The average Bonchev–Trinajstić information content (AvgIpc) is 3.17. The third-order valence-electron chi connectivity index (χ3n) is 3.74. The minimum Gasteiger partial charge on any atom is -0.439 e. The van der Waals surface area contributed by atoms with E-state index in [0.717, 1.165) is 12.2 Å². The number of benzene rings is 1. The minimum absolute atomic E-state index is 0.281. The second-order valence-electron chi connectivity index (χ2n) is 5.67. The van der Waals surface area contributed by atoms with Gasteiger partial charge >= 0.3 is 6.03 Å². The summed E-state index contributed by atoms with van der Waals surface area (Å²) >= 11 is 0. The highest BCUT2D eigenvalue weighted by Gasteiger charge is 2.04. The minimum atomic E-state index is -0.281. The molecule has 0 radical (unpaired) electrons. The number of hydrogen-bond donors (Lipinski definition) is 2. The van der Waals surface area contributed by atoms with Crippen molar-refractivity contribution < 1.29 is 9.53 Å². The zero-order chi connectivity index (χ0) is 18.2. The Morgan fingerprint density at radius 3 is 2.92 bits per heavy atom. The van der Waals surface area contributed by atoms with Crippen LogP contribution < -0.4 is 15.4 Å². The van der Waals surface area contributed by atoms with E-state index in [-0.39, 0.29) is 6.03 Å². The van der Waals surface area contributed by atoms with Crippen LogP contribution in [-0.2, 0) is 13.0 Å². The maximum Gasteiger partial charge on any atom is 0.319 e. The van der Waals surface area contributed by atoms with Gasteiger partial charge in [-0.1, -0.05) is 19.1 Å². The molecule has 2 N–H and O–H groups in total. The number of carbonyl (C=O) groups excluding carboxylic acids is 1. The molecule has 2 aromatic heterocycles. The zero-order valence-electron chi connectivity index (χ0n) is 14.6. The van der Waals surface area contributed by atoms with E-state index in [4.69, 9.17) is 4.74 Å². The van der Waals surface area contributed by atoms with Gasteiger partial charge in [-0.25, -0.2) is 14.8 Å². The Bertz CT molecular complexity index is 831. The summed E-state index contributed by atoms with van der Waals surface area (Å²) in [6.45, 7) is 3.26. The molecule has 0 fully saturated rings. The normalized spacial score (nSPS) is 10.3. The van der Waals surface area contributed by atoms with E-state index < -0.39 is 0 Å². The topological polar surface area (TPSA) is 81.1 Å². The van der Waals surface area contributed by atoms with Crippen LogP contribution in [0.4, 0.5) is 10.5 Å². The van der Waals surface area contributed by atoms with Crippen LogP contribution in [0.25, 0.3) is 0 Å². The highest BCUT2D eigenvalue weighted by Crippen LogP contribution is 2.21. The standard InChI is InChI=1S/C19H21N5O2/c1-2-15-4-3-5-17(12-15)26-18-7-6-16(13-22-18)23-19(25)21-9-11-24-10-8-20-14-24/h3-8,10,12-14H,2,9,11H2,1H3,(H2,21,23,25). The lowest BCUT2D eigenvalue weighted by Gasteiger charge is -2.09. The number of nitrogens with zero attached hydrogens (tertiary/aromatic N) is 3. The molecule has 7 nitrogen and oxygen atoms in total. The predicted octanol–water partition coefficient (Wildman–Crippen LogP) is 3.45. The van der Waals surface area contributed by atoms with Crippen LogP contribution in [0.2, 0.25) is 0 Å². The number of anilines is 1. The zero-order valence-corrected chi connectivity index (χ0v) is 14.6. The maximum absolute atomic E-state index is 11.9. The van der Waals surface area contributed by atoms with E-state index in [2.05, 4.69) is 33.6 Å². The SMILES string of the molecule is CCc1cccc(Oc2ccc(NC(=O)NCCn3ccnc3)cn2)c1. The lowest BCUT2D eigenvalue weighted by atomic mass is 10.2. The molecule has 0 bridgehead atoms. The van der Waals surface area contributed by atoms with Crippen LogP contribution in [0.15, 0.2) is 61.3 Å². The summed E-state index contributed by atoms with van der Waals surface area (Å²) < 4.78 is 7.63. The lowest BCUT2D eigenvalue weighted by Crippen LogP contribution is -2.31. The van der Waals surface area contributed by atoms with Crippen molar-refractivity contribution in [1.82, 2.24) is 19.9 Å². The Morgan fingerprint density at radius 1 is 1.27 bits per heavy atom. The van der Waals surface area contributed by atoms with Gasteiger partial charge in [0.25, 0.3) is 0 Å². The number of nitrogens with one attached hydrogen (secondary N) is 2. The first-order valence-electron chi connectivity index (χ1n) is 8.46. The Kier molecular flexibility index (Phi) is 5.82. The number of rotatable bonds is 7. The van der Waals surface area contributed by atoms with Gasteiger partial charge in [0, 0.05) is 31.5 Å². The summed E-state index contributed by atoms with van der Waals surface area (Å²) in [4.78, 5) is 20.1. The average molecular weight is 351 g/mol. The number of hydrogen-bond acceptors (Lipinski definition) is 4. The van der Waals surface area contributed by atoms with Crippen molar-refractivity contribution in [2.24, 2.45) is 0 Å². The number of urea groups is 1. The van der Waals surface area contributed by atoms with Crippen molar-refractivity contribution in [3.63, 3.8) is 0 Å². The fraction of sp³-hybridized carbons (Fsp3) is 0.211. The van der Waals surface area contributed by atoms with Crippen molar-refractivity contribution in [3.05, 3.63) is 66.9 Å². The molecule has 26 heavy (non-hydrogen) atoms. The molecule has 0 atom stereocenters. The number of imidazole rings is 1. The van der Waals surface area contributed by atoms with Gasteiger partial charge in [0.2, 0.25) is 5.88 Å². The Hall–Kier alpha value is -3.35. The molecule has 0 saturated heterocycles. The Labute approximate surface area is 152 Å². The second kappa shape index (κ2) is 8.66. The first kappa shape index (κ1) is 17.5. The number of ether oxygens (including phenoxy) is 1. The molecule has 0 unspecified atom stereocenters. The molecule has 0 aliphatic carbocycles. The molecule has 0 aliphatic heterocycles. The lowest BCUT2D eigenvalue weighted by molar-refractivity contribution is 0.251. The van der Waals surface area contributed by atoms with Gasteiger partial charge in [-0.2, -0.15) is 0 Å². The number of aryl methyl sites for hydroxylation is 1. The quantitative estimate of drug-likeness (QED) is 0.683. The van der Waals surface area contributed by atoms with Crippen molar-refractivity contribution in [2.45, 2.75) is 19.9 Å². The summed E-state index contributed by atoms with van der Waals surface area (Å²) in [5, 5.41) is 5.52. The smallest absolute Gasteiger partial charge is 0.319 e. The fourth-order valence-electron chi connectivity index (χ4n) is 2.36. The number of pyridine rings is 1.